The molecule has 0 aliphatic carbocycles. The number of hydrogen-bond acceptors (Lipinski definition) is 2. The summed E-state index contributed by atoms with van der Waals surface area (Å²) in [6, 6.07) is 5.25. The van der Waals surface area contributed by atoms with Crippen molar-refractivity contribution in [2.24, 2.45) is 0 Å². The van der Waals surface area contributed by atoms with Crippen LogP contribution in [0.1, 0.15) is 17.5 Å². The van der Waals surface area contributed by atoms with Crippen LogP contribution < -0.4 is 4.74 Å². The monoisotopic (exact) mass is 273 g/mol. The van der Waals surface area contributed by atoms with Gasteiger partial charge in [-0.05, 0) is 29.7 Å². The van der Waals surface area contributed by atoms with Crippen molar-refractivity contribution < 1.29 is 22.7 Å². The first kappa shape index (κ1) is 13.7. The number of nitrogens with zero attached hydrogens (tertiary/aromatic N) is 1. The topological polar surface area (TPSA) is 29.5 Å². The number of fused-ring (bicyclic) bond motifs is 1. The van der Waals surface area contributed by atoms with E-state index < -0.39 is 18.6 Å². The zero-order valence-corrected chi connectivity index (χ0v) is 10.5. The third-order valence-electron chi connectivity index (χ3n) is 3.11. The second-order valence-corrected chi connectivity index (χ2v) is 4.50. The van der Waals surface area contributed by atoms with Gasteiger partial charge in [0, 0.05) is 13.0 Å². The van der Waals surface area contributed by atoms with Crippen molar-refractivity contribution in [3.63, 3.8) is 0 Å². The molecule has 0 saturated heterocycles. The van der Waals surface area contributed by atoms with Crippen LogP contribution in [0.4, 0.5) is 13.2 Å². The number of carbonyl (C=O) groups is 1. The summed E-state index contributed by atoms with van der Waals surface area (Å²) < 4.78 is 42.4. The molecule has 0 bridgehead atoms. The summed E-state index contributed by atoms with van der Waals surface area (Å²) in [5.41, 5.74) is 1.62. The van der Waals surface area contributed by atoms with Gasteiger partial charge >= 0.3 is 6.18 Å². The highest BCUT2D eigenvalue weighted by Gasteiger charge is 2.34. The lowest BCUT2D eigenvalue weighted by molar-refractivity contribution is -0.162. The quantitative estimate of drug-likeness (QED) is 0.828. The molecule has 0 atom stereocenters. The Bertz CT molecular complexity index is 485. The number of rotatable bonds is 2. The van der Waals surface area contributed by atoms with Crippen LogP contribution in [0.25, 0.3) is 0 Å². The second-order valence-electron chi connectivity index (χ2n) is 4.50. The highest BCUT2D eigenvalue weighted by atomic mass is 19.4. The maximum absolute atomic E-state index is 12.4. The Hall–Kier alpha value is -1.72. The van der Waals surface area contributed by atoms with Crippen molar-refractivity contribution in [3.05, 3.63) is 29.3 Å². The van der Waals surface area contributed by atoms with E-state index in [0.717, 1.165) is 16.0 Å². The lowest BCUT2D eigenvalue weighted by Gasteiger charge is -2.22. The summed E-state index contributed by atoms with van der Waals surface area (Å²) in [6.07, 6.45) is -3.80. The first-order chi connectivity index (χ1) is 8.89. The molecular formula is C13H14F3NO2. The van der Waals surface area contributed by atoms with Crippen molar-refractivity contribution in [1.29, 1.82) is 0 Å². The number of benzene rings is 1. The minimum atomic E-state index is -4.38. The summed E-state index contributed by atoms with van der Waals surface area (Å²) in [6.45, 7) is -1.23. The van der Waals surface area contributed by atoms with E-state index in [1.165, 1.54) is 7.11 Å². The van der Waals surface area contributed by atoms with Gasteiger partial charge in [-0.2, -0.15) is 13.2 Å². The average molecular weight is 273 g/mol. The van der Waals surface area contributed by atoms with Gasteiger partial charge in [-0.1, -0.05) is 6.07 Å². The number of aryl methyl sites for hydroxylation is 1. The summed E-state index contributed by atoms with van der Waals surface area (Å²) in [5.74, 6) is 0.118. The van der Waals surface area contributed by atoms with Crippen LogP contribution in [-0.2, 0) is 17.8 Å². The molecule has 1 amide bonds. The summed E-state index contributed by atoms with van der Waals surface area (Å²) in [4.78, 5) is 12.6. The van der Waals surface area contributed by atoms with Gasteiger partial charge in [0.15, 0.2) is 0 Å². The molecule has 104 valence electrons. The first-order valence-electron chi connectivity index (χ1n) is 5.89. The second kappa shape index (κ2) is 5.11. The Morgan fingerprint density at radius 2 is 2.00 bits per heavy atom. The highest BCUT2D eigenvalue weighted by Crippen LogP contribution is 2.26. The van der Waals surface area contributed by atoms with Gasteiger partial charge in [0.05, 0.1) is 7.11 Å². The normalized spacial score (nSPS) is 16.0. The van der Waals surface area contributed by atoms with Crippen LogP contribution >= 0.6 is 0 Å². The Kier molecular flexibility index (Phi) is 3.68. The van der Waals surface area contributed by atoms with Crippen LogP contribution in [0, 0.1) is 0 Å². The molecule has 0 radical (unpaired) electrons. The SMILES string of the molecule is COc1ccc2c(c1)CN(CC(F)(F)F)C(=O)CC2. The van der Waals surface area contributed by atoms with Gasteiger partial charge in [0.2, 0.25) is 5.91 Å². The van der Waals surface area contributed by atoms with Crippen molar-refractivity contribution >= 4 is 5.91 Å². The van der Waals surface area contributed by atoms with Crippen LogP contribution in [0.5, 0.6) is 5.75 Å². The molecule has 1 aliphatic heterocycles. The fourth-order valence-corrected chi connectivity index (χ4v) is 2.17. The summed E-state index contributed by atoms with van der Waals surface area (Å²) in [5, 5.41) is 0. The van der Waals surface area contributed by atoms with Gasteiger partial charge in [-0.25, -0.2) is 0 Å². The molecule has 2 rings (SSSR count). The maximum Gasteiger partial charge on any atom is 0.406 e. The molecule has 0 N–H and O–H groups in total. The van der Waals surface area contributed by atoms with E-state index in [0.29, 0.717) is 12.2 Å². The molecule has 0 spiro atoms. The minimum absolute atomic E-state index is 0.0229. The number of amides is 1. The van der Waals surface area contributed by atoms with Gasteiger partial charge in [0.25, 0.3) is 0 Å². The van der Waals surface area contributed by atoms with Crippen LogP contribution in [0.15, 0.2) is 18.2 Å². The van der Waals surface area contributed by atoms with Crippen LogP contribution in [0.2, 0.25) is 0 Å². The smallest absolute Gasteiger partial charge is 0.406 e. The molecule has 0 aromatic heterocycles. The van der Waals surface area contributed by atoms with E-state index >= 15 is 0 Å². The molecule has 1 aliphatic rings. The lowest BCUT2D eigenvalue weighted by atomic mass is 10.0. The standard InChI is InChI=1S/C13H14F3NO2/c1-19-11-4-2-9-3-5-12(18)17(7-10(9)6-11)8-13(14,15)16/h2,4,6H,3,5,7-8H2,1H3. The van der Waals surface area contributed by atoms with Crippen molar-refractivity contribution in [2.45, 2.75) is 25.6 Å². The molecule has 0 fully saturated rings. The summed E-state index contributed by atoms with van der Waals surface area (Å²) in [7, 11) is 1.50. The zero-order chi connectivity index (χ0) is 14.0. The molecule has 0 saturated carbocycles. The average Bonchev–Trinajstić information content (AvgIpc) is 2.47. The molecule has 0 unspecified atom stereocenters. The van der Waals surface area contributed by atoms with Gasteiger partial charge in [0.1, 0.15) is 12.3 Å². The maximum atomic E-state index is 12.4. The van der Waals surface area contributed by atoms with Gasteiger partial charge < -0.3 is 9.64 Å². The number of alkyl halides is 3. The van der Waals surface area contributed by atoms with E-state index in [4.69, 9.17) is 4.74 Å². The third kappa shape index (κ3) is 3.39. The van der Waals surface area contributed by atoms with E-state index in [1.807, 2.05) is 0 Å². The van der Waals surface area contributed by atoms with Crippen molar-refractivity contribution in [1.82, 2.24) is 4.90 Å². The number of methoxy groups -OCH3 is 1. The van der Waals surface area contributed by atoms with E-state index in [1.54, 1.807) is 18.2 Å². The van der Waals surface area contributed by atoms with E-state index in [2.05, 4.69) is 0 Å². The minimum Gasteiger partial charge on any atom is -0.497 e. The summed E-state index contributed by atoms with van der Waals surface area (Å²) >= 11 is 0. The Labute approximate surface area is 109 Å². The molecule has 3 nitrogen and oxygen atoms in total. The predicted molar refractivity (Wildman–Crippen MR) is 62.8 cm³/mol. The Morgan fingerprint density at radius 1 is 1.26 bits per heavy atom. The molecular weight excluding hydrogens is 259 g/mol. The fraction of sp³-hybridized carbons (Fsp3) is 0.462. The van der Waals surface area contributed by atoms with E-state index in [9.17, 15) is 18.0 Å². The molecule has 19 heavy (non-hydrogen) atoms. The molecule has 1 aromatic rings. The largest absolute Gasteiger partial charge is 0.497 e. The number of ether oxygens (including phenoxy) is 1. The number of halogens is 3. The highest BCUT2D eigenvalue weighted by molar-refractivity contribution is 5.77. The van der Waals surface area contributed by atoms with E-state index in [-0.39, 0.29) is 13.0 Å². The molecule has 1 heterocycles. The predicted octanol–water partition coefficient (Wildman–Crippen LogP) is 2.53. The fourth-order valence-electron chi connectivity index (χ4n) is 2.17. The van der Waals surface area contributed by atoms with Gasteiger partial charge in [-0.15, -0.1) is 0 Å². The number of hydrogen-bond donors (Lipinski definition) is 0. The Morgan fingerprint density at radius 3 is 2.63 bits per heavy atom. The lowest BCUT2D eigenvalue weighted by Crippen LogP contribution is -2.37. The third-order valence-corrected chi connectivity index (χ3v) is 3.11. The first-order valence-corrected chi connectivity index (χ1v) is 5.89. The van der Waals surface area contributed by atoms with Crippen molar-refractivity contribution in [3.8, 4) is 5.75 Å². The molecule has 1 aromatic carbocycles. The Balaban J connectivity index is 2.26. The molecule has 6 heteroatoms. The van der Waals surface area contributed by atoms with Crippen molar-refractivity contribution in [2.75, 3.05) is 13.7 Å². The zero-order valence-electron chi connectivity index (χ0n) is 10.5. The van der Waals surface area contributed by atoms with Crippen LogP contribution in [-0.4, -0.2) is 30.6 Å². The van der Waals surface area contributed by atoms with Gasteiger partial charge in [-0.3, -0.25) is 4.79 Å². The number of carbonyl (C=O) groups excluding carboxylic acids is 1. The van der Waals surface area contributed by atoms with Crippen LogP contribution in [0.3, 0.4) is 0 Å².